The summed E-state index contributed by atoms with van der Waals surface area (Å²) < 4.78 is 25.0. The average Bonchev–Trinajstić information content (AvgIpc) is 3.33. The molecule has 1 saturated heterocycles. The van der Waals surface area contributed by atoms with E-state index < -0.39 is 11.4 Å². The highest BCUT2D eigenvalue weighted by molar-refractivity contribution is 5.78. The lowest BCUT2D eigenvalue weighted by Gasteiger charge is -2.45. The second-order valence-corrected chi connectivity index (χ2v) is 9.81. The number of aromatic amines is 1. The summed E-state index contributed by atoms with van der Waals surface area (Å²) in [5.41, 5.74) is 1.01. The Morgan fingerprint density at radius 1 is 1.26 bits per heavy atom. The number of carbonyl (C=O) groups excluding carboxylic acids is 1. The van der Waals surface area contributed by atoms with E-state index in [1.54, 1.807) is 7.11 Å². The molecule has 192 valence electrons. The van der Waals surface area contributed by atoms with Crippen molar-refractivity contribution >= 4 is 17.7 Å². The van der Waals surface area contributed by atoms with E-state index in [2.05, 4.69) is 51.3 Å². The maximum absolute atomic E-state index is 14.5. The van der Waals surface area contributed by atoms with Crippen LogP contribution in [0.1, 0.15) is 45.4 Å². The van der Waals surface area contributed by atoms with Gasteiger partial charge in [-0.05, 0) is 34.7 Å². The zero-order chi connectivity index (χ0) is 25.3. The summed E-state index contributed by atoms with van der Waals surface area (Å²) in [6.07, 6.45) is 1.72. The van der Waals surface area contributed by atoms with Gasteiger partial charge in [0.1, 0.15) is 0 Å². The number of likely N-dealkylation sites (N-methyl/N-ethyl adjacent to an activating group) is 1. The molecule has 0 bridgehead atoms. The van der Waals surface area contributed by atoms with Crippen molar-refractivity contribution in [3.05, 3.63) is 23.3 Å². The lowest BCUT2D eigenvalue weighted by molar-refractivity contribution is 0.0457. The number of urea groups is 1. The van der Waals surface area contributed by atoms with E-state index in [0.717, 1.165) is 24.0 Å². The molecule has 1 unspecified atom stereocenters. The monoisotopic (exact) mass is 490 g/mol. The first-order valence-corrected chi connectivity index (χ1v) is 11.9. The number of hydrogen-bond donors (Lipinski definition) is 2. The smallest absolute Gasteiger partial charge is 0.321 e. The molecule has 2 aliphatic rings. The van der Waals surface area contributed by atoms with Gasteiger partial charge in [-0.3, -0.25) is 10.00 Å². The number of anilines is 2. The summed E-state index contributed by atoms with van der Waals surface area (Å²) in [6.45, 7) is 10.9. The molecular formula is C23H35FN8O3. The molecular weight excluding hydrogens is 455 g/mol. The number of H-pyrrole nitrogens is 1. The highest BCUT2D eigenvalue weighted by Crippen LogP contribution is 2.42. The van der Waals surface area contributed by atoms with Gasteiger partial charge < -0.3 is 24.6 Å². The minimum Gasteiger partial charge on any atom is -0.463 e. The van der Waals surface area contributed by atoms with E-state index in [1.807, 2.05) is 23.6 Å². The quantitative estimate of drug-likeness (QED) is 0.570. The number of halogens is 1. The van der Waals surface area contributed by atoms with Crippen LogP contribution in [0.2, 0.25) is 0 Å². The van der Waals surface area contributed by atoms with Crippen molar-refractivity contribution in [2.75, 3.05) is 45.8 Å². The highest BCUT2D eigenvalue weighted by atomic mass is 19.1. The van der Waals surface area contributed by atoms with Crippen LogP contribution in [0.15, 0.2) is 6.20 Å². The molecule has 0 saturated carbocycles. The fourth-order valence-electron chi connectivity index (χ4n) is 4.63. The van der Waals surface area contributed by atoms with Gasteiger partial charge in [-0.1, -0.05) is 0 Å². The summed E-state index contributed by atoms with van der Waals surface area (Å²) in [5, 5.41) is 10.4. The van der Waals surface area contributed by atoms with E-state index in [9.17, 15) is 9.18 Å². The van der Waals surface area contributed by atoms with Gasteiger partial charge in [0.2, 0.25) is 0 Å². The minimum absolute atomic E-state index is 0.0158. The predicted molar refractivity (Wildman–Crippen MR) is 128 cm³/mol. The van der Waals surface area contributed by atoms with Crippen LogP contribution in [0.5, 0.6) is 6.01 Å². The first-order chi connectivity index (χ1) is 16.6. The van der Waals surface area contributed by atoms with E-state index in [4.69, 9.17) is 9.47 Å². The zero-order valence-corrected chi connectivity index (χ0v) is 21.3. The molecule has 0 spiro atoms. The Morgan fingerprint density at radius 3 is 2.77 bits per heavy atom. The first kappa shape index (κ1) is 25.1. The number of nitrogens with zero attached hydrogens (tertiary/aromatic N) is 6. The fourth-order valence-corrected chi connectivity index (χ4v) is 4.63. The Kier molecular flexibility index (Phi) is 7.13. The molecule has 0 radical (unpaired) electrons. The fraction of sp³-hybridized carbons (Fsp3) is 0.652. The Balaban J connectivity index is 1.51. The lowest BCUT2D eigenvalue weighted by Crippen LogP contribution is -2.60. The largest absolute Gasteiger partial charge is 0.463 e. The van der Waals surface area contributed by atoms with Crippen molar-refractivity contribution in [3.63, 3.8) is 0 Å². The molecule has 12 heteroatoms. The van der Waals surface area contributed by atoms with Crippen LogP contribution in [0.4, 0.5) is 20.8 Å². The van der Waals surface area contributed by atoms with Gasteiger partial charge in [0.15, 0.2) is 17.5 Å². The third-order valence-electron chi connectivity index (χ3n) is 6.93. The molecule has 2 aromatic heterocycles. The Morgan fingerprint density at radius 2 is 2.03 bits per heavy atom. The third kappa shape index (κ3) is 4.90. The minimum atomic E-state index is -0.628. The third-order valence-corrected chi connectivity index (χ3v) is 6.93. The number of carbonyl (C=O) groups is 1. The van der Waals surface area contributed by atoms with E-state index in [1.165, 1.54) is 0 Å². The molecule has 0 aliphatic carbocycles. The molecule has 0 aromatic carbocycles. The molecule has 4 heterocycles. The molecule has 35 heavy (non-hydrogen) atoms. The summed E-state index contributed by atoms with van der Waals surface area (Å²) >= 11 is 0. The van der Waals surface area contributed by atoms with Crippen LogP contribution in [0.3, 0.4) is 0 Å². The van der Waals surface area contributed by atoms with Crippen molar-refractivity contribution in [2.24, 2.45) is 0 Å². The summed E-state index contributed by atoms with van der Waals surface area (Å²) in [5.74, 6) is -0.248. The van der Waals surface area contributed by atoms with Crippen molar-refractivity contribution in [1.82, 2.24) is 34.9 Å². The molecule has 1 fully saturated rings. The number of methoxy groups -OCH3 is 1. The van der Waals surface area contributed by atoms with Crippen molar-refractivity contribution < 1.29 is 18.7 Å². The van der Waals surface area contributed by atoms with Crippen molar-refractivity contribution in [1.29, 1.82) is 0 Å². The number of hydrogen-bond acceptors (Lipinski definition) is 8. The van der Waals surface area contributed by atoms with Gasteiger partial charge in [-0.2, -0.15) is 10.1 Å². The van der Waals surface area contributed by atoms with Crippen LogP contribution >= 0.6 is 0 Å². The molecule has 2 N–H and O–H groups in total. The second kappa shape index (κ2) is 9.94. The highest BCUT2D eigenvalue weighted by Gasteiger charge is 2.46. The van der Waals surface area contributed by atoms with Gasteiger partial charge >= 0.3 is 12.0 Å². The summed E-state index contributed by atoms with van der Waals surface area (Å²) in [4.78, 5) is 27.7. The number of amides is 2. The second-order valence-electron chi connectivity index (χ2n) is 9.81. The van der Waals surface area contributed by atoms with Gasteiger partial charge in [0.25, 0.3) is 0 Å². The Hall–Kier alpha value is -2.99. The molecule has 2 amide bonds. The van der Waals surface area contributed by atoms with Crippen LogP contribution in [0, 0.1) is 5.82 Å². The summed E-state index contributed by atoms with van der Waals surface area (Å²) in [6, 6.07) is 0.432. The van der Waals surface area contributed by atoms with Gasteiger partial charge in [0, 0.05) is 50.9 Å². The van der Waals surface area contributed by atoms with Gasteiger partial charge in [-0.25, -0.2) is 14.2 Å². The average molecular weight is 491 g/mol. The predicted octanol–water partition coefficient (Wildman–Crippen LogP) is 2.69. The van der Waals surface area contributed by atoms with E-state index in [0.29, 0.717) is 38.5 Å². The maximum Gasteiger partial charge on any atom is 0.321 e. The number of nitrogens with one attached hydrogen (secondary N) is 2. The Bertz CT molecular complexity index is 1060. The number of ether oxygens (including phenoxy) is 2. The van der Waals surface area contributed by atoms with E-state index in [-0.39, 0.29) is 29.9 Å². The van der Waals surface area contributed by atoms with Crippen LogP contribution in [-0.2, 0) is 16.8 Å². The van der Waals surface area contributed by atoms with Crippen LogP contribution in [0.25, 0.3) is 0 Å². The Labute approximate surface area is 205 Å². The molecule has 4 rings (SSSR count). The van der Waals surface area contributed by atoms with Crippen LogP contribution < -0.4 is 10.1 Å². The molecule has 2 aliphatic heterocycles. The standard InChI is InChI=1S/C23H35FN8O3/c1-14-12-31(15(2)11-30(14)5)22(33)32-13-16-18(23(32,3)4)28-29-19(16)26-20-17(24)10-25-21(27-20)35-9-7-8-34-6/h10,14-15H,7-9,11-13H2,1-6H3,(H2,25,26,27,28,29)/t14?,15-/m0/s1. The normalized spacial score (nSPS) is 21.8. The van der Waals surface area contributed by atoms with Crippen molar-refractivity contribution in [3.8, 4) is 6.01 Å². The van der Waals surface area contributed by atoms with Crippen LogP contribution in [-0.4, -0.2) is 93.4 Å². The molecule has 11 nitrogen and oxygen atoms in total. The SMILES string of the molecule is COCCCOc1ncc(F)c(Nc2n[nH]c3c2CN(C(=O)N2CC(C)N(C)C[C@@H]2C)C3(C)C)n1. The van der Waals surface area contributed by atoms with Crippen molar-refractivity contribution in [2.45, 2.75) is 58.3 Å². The first-order valence-electron chi connectivity index (χ1n) is 11.9. The summed E-state index contributed by atoms with van der Waals surface area (Å²) in [7, 11) is 3.69. The number of aromatic nitrogens is 4. The topological polar surface area (TPSA) is 112 Å². The van der Waals surface area contributed by atoms with Gasteiger partial charge in [-0.15, -0.1) is 0 Å². The lowest BCUT2D eigenvalue weighted by atomic mass is 10.0. The number of piperazine rings is 1. The number of rotatable bonds is 7. The molecule has 2 atom stereocenters. The van der Waals surface area contributed by atoms with Gasteiger partial charge in [0.05, 0.1) is 30.6 Å². The zero-order valence-electron chi connectivity index (χ0n) is 21.3. The maximum atomic E-state index is 14.5. The van der Waals surface area contributed by atoms with E-state index >= 15 is 0 Å². The number of fused-ring (bicyclic) bond motifs is 1. The molecule has 2 aromatic rings.